The number of para-hydroxylation sites is 9. The monoisotopic (exact) mass is 1450 g/mol. The minimum atomic E-state index is 1.16. The largest absolute Gasteiger partial charge is 0.309 e. The predicted octanol–water partition coefficient (Wildman–Crippen LogP) is 28.6. The summed E-state index contributed by atoms with van der Waals surface area (Å²) in [4.78, 5) is 0. The van der Waals surface area contributed by atoms with Crippen LogP contribution in [0.1, 0.15) is 0 Å². The van der Waals surface area contributed by atoms with Crippen LogP contribution in [0.4, 0.5) is 0 Å². The van der Waals surface area contributed by atoms with Gasteiger partial charge in [0, 0.05) is 98.8 Å². The number of hydrogen-bond donors (Lipinski definition) is 0. The maximum absolute atomic E-state index is 2.46. The third kappa shape index (κ3) is 10.7. The van der Waals surface area contributed by atoms with Crippen LogP contribution in [0.3, 0.4) is 0 Å². The summed E-state index contributed by atoms with van der Waals surface area (Å²) in [5.74, 6) is 0. The van der Waals surface area contributed by atoms with Gasteiger partial charge in [-0.3, -0.25) is 0 Å². The second-order valence-corrected chi connectivity index (χ2v) is 29.4. The van der Waals surface area contributed by atoms with Crippen LogP contribution in [-0.2, 0) is 0 Å². The summed E-state index contributed by atoms with van der Waals surface area (Å²) in [6.07, 6.45) is 0. The van der Waals surface area contributed by atoms with Crippen molar-refractivity contribution in [3.8, 4) is 67.5 Å². The normalized spacial score (nSPS) is 11.7. The highest BCUT2D eigenvalue weighted by atomic mass is 15.0. The molecular formula is C108H72N6. The van der Waals surface area contributed by atoms with Crippen molar-refractivity contribution in [1.82, 2.24) is 27.4 Å². The van der Waals surface area contributed by atoms with E-state index in [-0.39, 0.29) is 0 Å². The highest BCUT2D eigenvalue weighted by Crippen LogP contribution is 2.47. The summed E-state index contributed by atoms with van der Waals surface area (Å²) < 4.78 is 14.5. The molecule has 0 saturated carbocycles. The molecule has 0 aliphatic rings. The van der Waals surface area contributed by atoms with Crippen molar-refractivity contribution in [3.05, 3.63) is 437 Å². The van der Waals surface area contributed by atoms with Crippen LogP contribution in [0, 0.1) is 0 Å². The number of aromatic nitrogens is 6. The van der Waals surface area contributed by atoms with Gasteiger partial charge >= 0.3 is 0 Å². The smallest absolute Gasteiger partial charge is 0.0641 e. The Labute approximate surface area is 658 Å². The maximum atomic E-state index is 2.46. The molecule has 0 spiro atoms. The van der Waals surface area contributed by atoms with Gasteiger partial charge < -0.3 is 27.4 Å². The van der Waals surface area contributed by atoms with E-state index in [1.165, 1.54) is 181 Å². The second kappa shape index (κ2) is 27.4. The third-order valence-corrected chi connectivity index (χ3v) is 23.2. The van der Waals surface area contributed by atoms with E-state index in [1.54, 1.807) is 0 Å². The molecule has 0 aliphatic heterocycles. The quantitative estimate of drug-likeness (QED) is 0.138. The first-order valence-electron chi connectivity index (χ1n) is 39.1. The molecule has 6 nitrogen and oxygen atoms in total. The van der Waals surface area contributed by atoms with Gasteiger partial charge in [-0.1, -0.05) is 309 Å². The molecule has 6 heterocycles. The summed E-state index contributed by atoms with van der Waals surface area (Å²) in [6, 6.07) is 157. The summed E-state index contributed by atoms with van der Waals surface area (Å²) in [5, 5.41) is 15.3. The van der Waals surface area contributed by atoms with Gasteiger partial charge in [0.1, 0.15) is 0 Å². The molecule has 0 unspecified atom stereocenters. The highest BCUT2D eigenvalue weighted by Gasteiger charge is 2.25. The van der Waals surface area contributed by atoms with E-state index < -0.39 is 0 Å². The minimum Gasteiger partial charge on any atom is -0.309 e. The molecule has 534 valence electrons. The fourth-order valence-electron chi connectivity index (χ4n) is 18.2. The van der Waals surface area contributed by atoms with Crippen LogP contribution >= 0.6 is 0 Å². The molecular weight excluding hydrogens is 1380 g/mol. The molecule has 0 atom stereocenters. The van der Waals surface area contributed by atoms with Gasteiger partial charge in [0.05, 0.1) is 66.2 Å². The van der Waals surface area contributed by atoms with Crippen LogP contribution in [0.15, 0.2) is 437 Å². The van der Waals surface area contributed by atoms with E-state index in [4.69, 9.17) is 0 Å². The van der Waals surface area contributed by atoms with Crippen molar-refractivity contribution in [3.63, 3.8) is 0 Å². The van der Waals surface area contributed by atoms with Gasteiger partial charge in [-0.15, -0.1) is 0 Å². The molecule has 18 aromatic carbocycles. The molecule has 6 aromatic heterocycles. The van der Waals surface area contributed by atoms with Crippen molar-refractivity contribution in [2.75, 3.05) is 0 Å². The zero-order valence-electron chi connectivity index (χ0n) is 62.3. The SMILES string of the molecule is c1ccc(-c2ccc(-n3c4ccccc4c4c3ccc3c5ccccc5n(-c5ccc(-c6ccccc6)cc5)c34)cc2)cc1.c1ccc(-c2ccc(-n3c4ccccc4c4c3ccc3c5ccccc5n(-c5ccccc5)c34)cc2)cc1.c1ccc(-n2c3ccccc3c3c2ccc2c4ccccc4n(-c4ccccc4)c23)cc1. The summed E-state index contributed by atoms with van der Waals surface area (Å²) in [5.41, 5.74) is 29.1. The zero-order chi connectivity index (χ0) is 75.2. The Balaban J connectivity index is 0.000000106. The number of fused-ring (bicyclic) bond motifs is 21. The van der Waals surface area contributed by atoms with Crippen LogP contribution in [0.5, 0.6) is 0 Å². The Morgan fingerprint density at radius 3 is 0.553 bits per heavy atom. The molecule has 24 aromatic rings. The number of nitrogens with zero attached hydrogens (tertiary/aromatic N) is 6. The molecule has 0 amide bonds. The lowest BCUT2D eigenvalue weighted by atomic mass is 10.1. The summed E-state index contributed by atoms with van der Waals surface area (Å²) in [6.45, 7) is 0. The van der Waals surface area contributed by atoms with E-state index >= 15 is 0 Å². The van der Waals surface area contributed by atoms with E-state index in [2.05, 4.69) is 464 Å². The molecule has 24 rings (SSSR count). The van der Waals surface area contributed by atoms with Gasteiger partial charge in [-0.2, -0.15) is 0 Å². The van der Waals surface area contributed by atoms with Gasteiger partial charge in [-0.05, 0) is 161 Å². The standard InChI is InChI=1S/C42H28N2.C36H24N2.C30H20N2/c1-3-11-29(12-4-1)31-19-23-33(24-20-31)43-39-18-10-8-16-37(39)41-40(43)28-27-36-35-15-7-9-17-38(35)44(42(36)41)34-25-21-32(22-26-34)30-13-5-2-6-14-30;1-3-11-25(12-4-1)26-19-21-28(22-20-26)37-33-18-10-8-16-31(33)35-34(37)24-23-30-29-15-7-9-17-32(29)38(36(30)35)27-13-5-2-6-14-27;1-3-11-21(12-4-1)31-27-18-10-8-16-25(27)29-28(31)20-19-24-23-15-7-9-17-26(23)32(30(24)29)22-13-5-2-6-14-22/h1-28H;1-24H;1-20H. The molecule has 0 radical (unpaired) electrons. The van der Waals surface area contributed by atoms with Crippen LogP contribution < -0.4 is 0 Å². The molecule has 0 bridgehead atoms. The lowest BCUT2D eigenvalue weighted by molar-refractivity contribution is 1.17. The van der Waals surface area contributed by atoms with Crippen LogP contribution in [0.25, 0.3) is 198 Å². The second-order valence-electron chi connectivity index (χ2n) is 29.4. The first-order chi connectivity index (χ1) is 56.6. The van der Waals surface area contributed by atoms with Crippen molar-refractivity contribution < 1.29 is 0 Å². The number of rotatable bonds is 9. The number of hydrogen-bond acceptors (Lipinski definition) is 0. The fraction of sp³-hybridized carbons (Fsp3) is 0. The van der Waals surface area contributed by atoms with Gasteiger partial charge in [-0.25, -0.2) is 0 Å². The zero-order valence-corrected chi connectivity index (χ0v) is 62.3. The highest BCUT2D eigenvalue weighted by molar-refractivity contribution is 6.29. The van der Waals surface area contributed by atoms with E-state index in [1.807, 2.05) is 0 Å². The van der Waals surface area contributed by atoms with Gasteiger partial charge in [0.15, 0.2) is 0 Å². The molecule has 114 heavy (non-hydrogen) atoms. The topological polar surface area (TPSA) is 29.6 Å². The van der Waals surface area contributed by atoms with Crippen LogP contribution in [0.2, 0.25) is 0 Å². The van der Waals surface area contributed by atoms with E-state index in [0.717, 1.165) is 17.1 Å². The Kier molecular flexibility index (Phi) is 15.8. The first kappa shape index (κ1) is 65.8. The Morgan fingerprint density at radius 1 is 0.105 bits per heavy atom. The lowest BCUT2D eigenvalue weighted by Gasteiger charge is -2.11. The third-order valence-electron chi connectivity index (χ3n) is 23.2. The molecule has 0 aliphatic carbocycles. The summed E-state index contributed by atoms with van der Waals surface area (Å²) >= 11 is 0. The van der Waals surface area contributed by atoms with Crippen molar-refractivity contribution in [2.24, 2.45) is 0 Å². The van der Waals surface area contributed by atoms with Gasteiger partial charge in [0.25, 0.3) is 0 Å². The van der Waals surface area contributed by atoms with Gasteiger partial charge in [0.2, 0.25) is 0 Å². The average Bonchev–Trinajstić information content (AvgIpc) is 1.56. The Hall–Kier alpha value is -15.2. The molecule has 0 saturated heterocycles. The average molecular weight is 1450 g/mol. The predicted molar refractivity (Wildman–Crippen MR) is 482 cm³/mol. The van der Waals surface area contributed by atoms with E-state index in [0.29, 0.717) is 0 Å². The maximum Gasteiger partial charge on any atom is 0.0641 e. The molecule has 0 N–H and O–H groups in total. The minimum absolute atomic E-state index is 1.16. The lowest BCUT2D eigenvalue weighted by Crippen LogP contribution is -1.95. The fourth-order valence-corrected chi connectivity index (χ4v) is 18.2. The first-order valence-corrected chi connectivity index (χ1v) is 39.1. The van der Waals surface area contributed by atoms with Crippen molar-refractivity contribution in [1.29, 1.82) is 0 Å². The number of benzene rings is 18. The van der Waals surface area contributed by atoms with Crippen molar-refractivity contribution in [2.45, 2.75) is 0 Å². The van der Waals surface area contributed by atoms with E-state index in [9.17, 15) is 0 Å². The Morgan fingerprint density at radius 2 is 0.289 bits per heavy atom. The molecule has 6 heteroatoms. The molecule has 0 fully saturated rings. The van der Waals surface area contributed by atoms with Crippen molar-refractivity contribution >= 4 is 131 Å². The summed E-state index contributed by atoms with van der Waals surface area (Å²) in [7, 11) is 0. The van der Waals surface area contributed by atoms with Crippen LogP contribution in [-0.4, -0.2) is 27.4 Å². The Bertz CT molecular complexity index is 7760.